The molecule has 6 heteroatoms. The molecule has 0 fully saturated rings. The van der Waals surface area contributed by atoms with Crippen LogP contribution in [-0.2, 0) is 16.0 Å². The number of hydrogen-bond acceptors (Lipinski definition) is 4. The van der Waals surface area contributed by atoms with Crippen molar-refractivity contribution in [3.05, 3.63) is 83.2 Å². The Hall–Kier alpha value is -3.67. The number of nitrogens with one attached hydrogen (secondary N) is 2. The molecule has 31 heavy (non-hydrogen) atoms. The van der Waals surface area contributed by atoms with Gasteiger partial charge in [-0.1, -0.05) is 60.7 Å². The first-order valence-corrected chi connectivity index (χ1v) is 10.3. The van der Waals surface area contributed by atoms with Crippen molar-refractivity contribution >= 4 is 17.7 Å². The molecule has 0 aliphatic heterocycles. The molecule has 0 aliphatic carbocycles. The molecule has 0 bridgehead atoms. The van der Waals surface area contributed by atoms with E-state index in [4.69, 9.17) is 4.74 Å². The summed E-state index contributed by atoms with van der Waals surface area (Å²) in [6, 6.07) is 19.0. The first kappa shape index (κ1) is 22.0. The Morgan fingerprint density at radius 2 is 1.61 bits per heavy atom. The number of Topliss-reactive ketones (excluding diaryl/α,β-unsaturated/α-hetero) is 1. The third-order valence-electron chi connectivity index (χ3n) is 4.93. The molecule has 0 spiro atoms. The second kappa shape index (κ2) is 10.4. The molecule has 1 aromatic heterocycles. The number of rotatable bonds is 9. The largest absolute Gasteiger partial charge is 0.462 e. The predicted molar refractivity (Wildman–Crippen MR) is 119 cm³/mol. The van der Waals surface area contributed by atoms with Crippen molar-refractivity contribution in [2.24, 2.45) is 0 Å². The number of carbonyl (C=O) groups is 3. The number of aryl methyl sites for hydroxylation is 2. The highest BCUT2D eigenvalue weighted by Gasteiger charge is 2.29. The lowest BCUT2D eigenvalue weighted by atomic mass is 9.98. The van der Waals surface area contributed by atoms with E-state index in [1.165, 1.54) is 5.56 Å². The molecule has 2 N–H and O–H groups in total. The van der Waals surface area contributed by atoms with Crippen molar-refractivity contribution in [1.29, 1.82) is 0 Å². The van der Waals surface area contributed by atoms with Crippen LogP contribution in [0.25, 0.3) is 11.1 Å². The second-order valence-electron chi connectivity index (χ2n) is 7.14. The van der Waals surface area contributed by atoms with Gasteiger partial charge in [-0.3, -0.25) is 9.59 Å². The average Bonchev–Trinajstić information content (AvgIpc) is 3.14. The van der Waals surface area contributed by atoms with E-state index < -0.39 is 17.7 Å². The summed E-state index contributed by atoms with van der Waals surface area (Å²) >= 11 is 0. The number of esters is 1. The first-order chi connectivity index (χ1) is 15.0. The van der Waals surface area contributed by atoms with Crippen LogP contribution < -0.4 is 5.32 Å². The van der Waals surface area contributed by atoms with Gasteiger partial charge in [0.15, 0.2) is 0 Å². The number of aromatic amines is 1. The molecule has 0 aliphatic rings. The summed E-state index contributed by atoms with van der Waals surface area (Å²) in [5.41, 5.74) is 3.07. The number of H-pyrrole nitrogens is 1. The van der Waals surface area contributed by atoms with Crippen LogP contribution in [-0.4, -0.2) is 35.8 Å². The Bertz CT molecular complexity index is 1060. The highest BCUT2D eigenvalue weighted by Crippen LogP contribution is 2.31. The number of ketones is 1. The maximum absolute atomic E-state index is 13.0. The van der Waals surface area contributed by atoms with E-state index >= 15 is 0 Å². The molecular formula is C25H26N2O4. The molecule has 3 aromatic rings. The van der Waals surface area contributed by atoms with Crippen molar-refractivity contribution < 1.29 is 19.1 Å². The van der Waals surface area contributed by atoms with Gasteiger partial charge in [0.25, 0.3) is 11.7 Å². The van der Waals surface area contributed by atoms with Crippen molar-refractivity contribution in [2.45, 2.75) is 26.7 Å². The topological polar surface area (TPSA) is 88.3 Å². The van der Waals surface area contributed by atoms with Crippen LogP contribution in [0.5, 0.6) is 0 Å². The minimum Gasteiger partial charge on any atom is -0.462 e. The van der Waals surface area contributed by atoms with Gasteiger partial charge in [0.05, 0.1) is 12.2 Å². The van der Waals surface area contributed by atoms with Crippen LogP contribution in [0.4, 0.5) is 0 Å². The molecule has 1 amide bonds. The summed E-state index contributed by atoms with van der Waals surface area (Å²) in [6.07, 6.45) is 1.52. The monoisotopic (exact) mass is 418 g/mol. The second-order valence-corrected chi connectivity index (χ2v) is 7.14. The summed E-state index contributed by atoms with van der Waals surface area (Å²) in [6.45, 7) is 4.00. The van der Waals surface area contributed by atoms with Crippen molar-refractivity contribution in [2.75, 3.05) is 13.2 Å². The molecular weight excluding hydrogens is 392 g/mol. The quantitative estimate of drug-likeness (QED) is 0.237. The molecule has 1 heterocycles. The zero-order chi connectivity index (χ0) is 22.2. The van der Waals surface area contributed by atoms with Crippen molar-refractivity contribution in [3.8, 4) is 11.1 Å². The molecule has 0 radical (unpaired) electrons. The van der Waals surface area contributed by atoms with Crippen LogP contribution in [0.15, 0.2) is 60.7 Å². The van der Waals surface area contributed by atoms with Gasteiger partial charge in [0.1, 0.15) is 5.69 Å². The number of amides is 1. The maximum Gasteiger partial charge on any atom is 0.340 e. The molecule has 160 valence electrons. The normalized spacial score (nSPS) is 10.5. The molecule has 0 unspecified atom stereocenters. The number of aromatic nitrogens is 1. The van der Waals surface area contributed by atoms with E-state index in [0.717, 1.165) is 6.42 Å². The molecule has 3 rings (SSSR count). The van der Waals surface area contributed by atoms with Crippen LogP contribution >= 0.6 is 0 Å². The lowest BCUT2D eigenvalue weighted by molar-refractivity contribution is -0.117. The lowest BCUT2D eigenvalue weighted by Gasteiger charge is -2.08. The van der Waals surface area contributed by atoms with Gasteiger partial charge in [0, 0.05) is 17.8 Å². The van der Waals surface area contributed by atoms with Gasteiger partial charge in [-0.25, -0.2) is 4.79 Å². The molecule has 0 atom stereocenters. The van der Waals surface area contributed by atoms with Gasteiger partial charge in [-0.2, -0.15) is 0 Å². The van der Waals surface area contributed by atoms with E-state index in [1.807, 2.05) is 48.5 Å². The Morgan fingerprint density at radius 1 is 0.968 bits per heavy atom. The van der Waals surface area contributed by atoms with Gasteiger partial charge < -0.3 is 15.0 Å². The van der Waals surface area contributed by atoms with Crippen LogP contribution in [0.2, 0.25) is 0 Å². The zero-order valence-electron chi connectivity index (χ0n) is 17.7. The SMILES string of the molecule is CCOC(=O)c1c(C)[nH]c(C(=O)C(=O)NCCCc2ccccc2)c1-c1ccccc1. The third-order valence-corrected chi connectivity index (χ3v) is 4.93. The zero-order valence-corrected chi connectivity index (χ0v) is 17.7. The predicted octanol–water partition coefficient (Wildman–Crippen LogP) is 4.10. The van der Waals surface area contributed by atoms with E-state index in [-0.39, 0.29) is 17.9 Å². The number of benzene rings is 2. The molecule has 0 saturated heterocycles. The van der Waals surface area contributed by atoms with Crippen LogP contribution in [0.3, 0.4) is 0 Å². The Morgan fingerprint density at radius 3 is 2.26 bits per heavy atom. The summed E-state index contributed by atoms with van der Waals surface area (Å²) in [5.74, 6) is -1.95. The number of carbonyl (C=O) groups excluding carboxylic acids is 3. The summed E-state index contributed by atoms with van der Waals surface area (Å²) in [5, 5.41) is 2.69. The minimum absolute atomic E-state index is 0.0901. The fourth-order valence-electron chi connectivity index (χ4n) is 3.48. The van der Waals surface area contributed by atoms with Gasteiger partial charge >= 0.3 is 5.97 Å². The molecule has 6 nitrogen and oxygen atoms in total. The van der Waals surface area contributed by atoms with E-state index in [1.54, 1.807) is 26.0 Å². The van der Waals surface area contributed by atoms with E-state index in [2.05, 4.69) is 10.3 Å². The molecule has 0 saturated carbocycles. The fraction of sp³-hybridized carbons (Fsp3) is 0.240. The van der Waals surface area contributed by atoms with Gasteiger partial charge in [-0.15, -0.1) is 0 Å². The van der Waals surface area contributed by atoms with Crippen molar-refractivity contribution in [3.63, 3.8) is 0 Å². The van der Waals surface area contributed by atoms with Crippen molar-refractivity contribution in [1.82, 2.24) is 10.3 Å². The highest BCUT2D eigenvalue weighted by molar-refractivity contribution is 6.43. The van der Waals surface area contributed by atoms with Gasteiger partial charge in [-0.05, 0) is 37.8 Å². The lowest BCUT2D eigenvalue weighted by Crippen LogP contribution is -2.32. The highest BCUT2D eigenvalue weighted by atomic mass is 16.5. The van der Waals surface area contributed by atoms with E-state index in [0.29, 0.717) is 29.8 Å². The van der Waals surface area contributed by atoms with Gasteiger partial charge in [0.2, 0.25) is 0 Å². The Labute approximate surface area is 181 Å². The maximum atomic E-state index is 13.0. The Balaban J connectivity index is 1.79. The summed E-state index contributed by atoms with van der Waals surface area (Å²) < 4.78 is 5.18. The fourth-order valence-corrected chi connectivity index (χ4v) is 3.48. The average molecular weight is 418 g/mol. The first-order valence-electron chi connectivity index (χ1n) is 10.3. The number of ether oxygens (including phenoxy) is 1. The smallest absolute Gasteiger partial charge is 0.340 e. The molecule has 2 aromatic carbocycles. The van der Waals surface area contributed by atoms with Crippen LogP contribution in [0, 0.1) is 6.92 Å². The van der Waals surface area contributed by atoms with Crippen LogP contribution in [0.1, 0.15) is 45.4 Å². The summed E-state index contributed by atoms with van der Waals surface area (Å²) in [7, 11) is 0. The summed E-state index contributed by atoms with van der Waals surface area (Å²) in [4.78, 5) is 41.0. The standard InChI is InChI=1S/C25H26N2O4/c1-3-31-25(30)20-17(2)27-22(21(20)19-14-8-5-9-15-19)23(28)24(29)26-16-10-13-18-11-6-4-7-12-18/h4-9,11-12,14-15,27H,3,10,13,16H2,1-2H3,(H,26,29). The van der Waals surface area contributed by atoms with E-state index in [9.17, 15) is 14.4 Å². The minimum atomic E-state index is -0.711. The third kappa shape index (κ3) is 5.28. The number of hydrogen-bond donors (Lipinski definition) is 2. The Kier molecular flexibility index (Phi) is 7.38.